The van der Waals surface area contributed by atoms with Crippen molar-refractivity contribution in [2.45, 2.75) is 89.4 Å². The highest BCUT2D eigenvalue weighted by Crippen LogP contribution is 2.54. The van der Waals surface area contributed by atoms with Crippen molar-refractivity contribution in [1.82, 2.24) is 0 Å². The molecule has 1 aliphatic rings. The van der Waals surface area contributed by atoms with Crippen molar-refractivity contribution in [2.24, 2.45) is 11.3 Å². The number of hydrogen-bond donors (Lipinski definition) is 2. The monoisotopic (exact) mass is 606 g/mol. The van der Waals surface area contributed by atoms with Crippen LogP contribution in [0.4, 0.5) is 0 Å². The molecule has 40 heavy (non-hydrogen) atoms. The molecule has 0 aliphatic heterocycles. The summed E-state index contributed by atoms with van der Waals surface area (Å²) in [5, 5.41) is 22.5. The van der Waals surface area contributed by atoms with Crippen molar-refractivity contribution in [3.63, 3.8) is 0 Å². The second-order valence-electron chi connectivity index (χ2n) is 12.6. The zero-order valence-corrected chi connectivity index (χ0v) is 27.5. The number of benzene rings is 1. The first-order valence-corrected chi connectivity index (χ1v) is 18.2. The zero-order chi connectivity index (χ0) is 30.6. The average Bonchev–Trinajstić information content (AvgIpc) is 2.86. The molecule has 0 aromatic heterocycles. The third-order valence-electron chi connectivity index (χ3n) is 8.75. The molecular weight excluding hydrogens is 556 g/mol. The van der Waals surface area contributed by atoms with Crippen molar-refractivity contribution in [3.8, 4) is 5.75 Å². The van der Waals surface area contributed by atoms with Crippen LogP contribution in [0.2, 0.25) is 18.1 Å². The standard InChI is InChI=1S/C28H50O10SSi/c1-26(2,3)40(9,10)38-23-15-24(37-39(8,31)32)28(30,19-29)22(27(23,4)16-25(34-6)35-7)18-36-17-20-11-13-21(33-5)14-12-20/h11-14,22-25,29-30H,15-19H2,1-10H3/t22-,23-,24-,27-,28+/m0/s1. The minimum atomic E-state index is -3.98. The number of hydrogen-bond acceptors (Lipinski definition) is 10. The summed E-state index contributed by atoms with van der Waals surface area (Å²) >= 11 is 0. The minimum absolute atomic E-state index is 0.0132. The van der Waals surface area contributed by atoms with Crippen LogP contribution in [-0.4, -0.2) is 91.8 Å². The number of methoxy groups -OCH3 is 3. The summed E-state index contributed by atoms with van der Waals surface area (Å²) in [4.78, 5) is 0. The van der Waals surface area contributed by atoms with Gasteiger partial charge in [0.2, 0.25) is 0 Å². The highest BCUT2D eigenvalue weighted by atomic mass is 32.2. The molecule has 0 unspecified atom stereocenters. The predicted octanol–water partition coefficient (Wildman–Crippen LogP) is 3.71. The second kappa shape index (κ2) is 13.5. The van der Waals surface area contributed by atoms with Gasteiger partial charge < -0.3 is 33.6 Å². The van der Waals surface area contributed by atoms with Crippen LogP contribution in [0.25, 0.3) is 0 Å². The van der Waals surface area contributed by atoms with Gasteiger partial charge in [0.05, 0.1) is 39.3 Å². The van der Waals surface area contributed by atoms with E-state index in [4.69, 9.17) is 27.6 Å². The van der Waals surface area contributed by atoms with Gasteiger partial charge in [0.1, 0.15) is 17.5 Å². The summed E-state index contributed by atoms with van der Waals surface area (Å²) in [7, 11) is -1.72. The first-order valence-electron chi connectivity index (χ1n) is 13.5. The van der Waals surface area contributed by atoms with Crippen molar-refractivity contribution in [1.29, 1.82) is 0 Å². The van der Waals surface area contributed by atoms with Crippen LogP contribution in [-0.2, 0) is 39.5 Å². The van der Waals surface area contributed by atoms with Crippen molar-refractivity contribution >= 4 is 18.4 Å². The molecule has 1 aliphatic carbocycles. The van der Waals surface area contributed by atoms with E-state index in [0.717, 1.165) is 17.6 Å². The van der Waals surface area contributed by atoms with Crippen LogP contribution in [0.15, 0.2) is 24.3 Å². The van der Waals surface area contributed by atoms with E-state index in [2.05, 4.69) is 33.9 Å². The van der Waals surface area contributed by atoms with Gasteiger partial charge in [-0.05, 0) is 35.8 Å². The second-order valence-corrected chi connectivity index (χ2v) is 18.9. The molecule has 1 aromatic rings. The molecule has 5 atom stereocenters. The van der Waals surface area contributed by atoms with Gasteiger partial charge in [-0.15, -0.1) is 0 Å². The molecule has 0 saturated heterocycles. The average molecular weight is 607 g/mol. The number of aliphatic hydroxyl groups excluding tert-OH is 1. The molecule has 0 heterocycles. The van der Waals surface area contributed by atoms with E-state index in [0.29, 0.717) is 6.42 Å². The van der Waals surface area contributed by atoms with E-state index in [1.165, 1.54) is 14.2 Å². The van der Waals surface area contributed by atoms with Crippen molar-refractivity contribution in [3.05, 3.63) is 29.8 Å². The lowest BCUT2D eigenvalue weighted by molar-refractivity contribution is -0.248. The lowest BCUT2D eigenvalue weighted by atomic mass is 9.56. The van der Waals surface area contributed by atoms with E-state index >= 15 is 0 Å². The zero-order valence-electron chi connectivity index (χ0n) is 25.7. The normalized spacial score (nSPS) is 28.2. The lowest BCUT2D eigenvalue weighted by Crippen LogP contribution is -2.69. The predicted molar refractivity (Wildman–Crippen MR) is 155 cm³/mol. The molecule has 0 spiro atoms. The van der Waals surface area contributed by atoms with Gasteiger partial charge >= 0.3 is 0 Å². The fourth-order valence-corrected chi connectivity index (χ4v) is 7.29. The summed E-state index contributed by atoms with van der Waals surface area (Å²) in [6.45, 7) is 12.0. The Bertz CT molecular complexity index is 1040. The summed E-state index contributed by atoms with van der Waals surface area (Å²) in [6.07, 6.45) is -1.19. The van der Waals surface area contributed by atoms with Crippen LogP contribution in [0.3, 0.4) is 0 Å². The molecule has 12 heteroatoms. The Kier molecular flexibility index (Phi) is 11.8. The van der Waals surface area contributed by atoms with Crippen molar-refractivity contribution in [2.75, 3.05) is 40.8 Å². The van der Waals surface area contributed by atoms with Crippen LogP contribution in [0.5, 0.6) is 5.75 Å². The number of ether oxygens (including phenoxy) is 4. The van der Waals surface area contributed by atoms with Gasteiger partial charge in [-0.1, -0.05) is 39.8 Å². The maximum Gasteiger partial charge on any atom is 0.264 e. The van der Waals surface area contributed by atoms with Gasteiger partial charge in [-0.3, -0.25) is 4.18 Å². The molecule has 1 fully saturated rings. The van der Waals surface area contributed by atoms with E-state index < -0.39 is 60.5 Å². The van der Waals surface area contributed by atoms with Gasteiger partial charge in [0.25, 0.3) is 10.1 Å². The van der Waals surface area contributed by atoms with Crippen LogP contribution in [0, 0.1) is 11.3 Å². The summed E-state index contributed by atoms with van der Waals surface area (Å²) in [6, 6.07) is 7.41. The van der Waals surface area contributed by atoms with E-state index in [1.54, 1.807) is 7.11 Å². The highest BCUT2D eigenvalue weighted by molar-refractivity contribution is 7.86. The Morgan fingerprint density at radius 2 is 1.65 bits per heavy atom. The van der Waals surface area contributed by atoms with Gasteiger partial charge in [0, 0.05) is 38.4 Å². The maximum atomic E-state index is 12.3. The van der Waals surface area contributed by atoms with Crippen molar-refractivity contribution < 1.29 is 46.2 Å². The molecule has 1 saturated carbocycles. The molecular formula is C28H50O10SSi. The minimum Gasteiger partial charge on any atom is -0.497 e. The topological polar surface area (TPSA) is 130 Å². The first-order chi connectivity index (χ1) is 18.4. The maximum absolute atomic E-state index is 12.3. The largest absolute Gasteiger partial charge is 0.497 e. The molecule has 1 aromatic carbocycles. The number of rotatable bonds is 14. The van der Waals surface area contributed by atoms with Crippen LogP contribution in [0.1, 0.15) is 46.1 Å². The Morgan fingerprint density at radius 3 is 2.10 bits per heavy atom. The van der Waals surface area contributed by atoms with Crippen LogP contribution < -0.4 is 4.74 Å². The van der Waals surface area contributed by atoms with E-state index in [1.807, 2.05) is 31.2 Å². The Balaban J connectivity index is 2.59. The Labute approximate surface area is 241 Å². The van der Waals surface area contributed by atoms with Gasteiger partial charge in [0.15, 0.2) is 14.6 Å². The Morgan fingerprint density at radius 1 is 1.07 bits per heavy atom. The summed E-state index contributed by atoms with van der Waals surface area (Å²) < 4.78 is 59.6. The molecule has 2 rings (SSSR count). The third-order valence-corrected chi connectivity index (χ3v) is 13.8. The Hall–Kier alpha value is -1.09. The molecule has 0 radical (unpaired) electrons. The summed E-state index contributed by atoms with van der Waals surface area (Å²) in [5.41, 5.74) is -1.95. The van der Waals surface area contributed by atoms with Gasteiger partial charge in [-0.2, -0.15) is 8.42 Å². The molecule has 0 bridgehead atoms. The summed E-state index contributed by atoms with van der Waals surface area (Å²) in [5.74, 6) is -0.0962. The SMILES string of the molecule is COc1ccc(COC[C@H]2[C@](C)(CC(OC)OC)[C@@H](O[Si](C)(C)C(C)(C)C)C[C@H](OS(C)(=O)=O)[C@@]2(O)CO)cc1. The molecule has 2 N–H and O–H groups in total. The highest BCUT2D eigenvalue weighted by Gasteiger charge is 2.63. The smallest absolute Gasteiger partial charge is 0.264 e. The molecule has 232 valence electrons. The van der Waals surface area contributed by atoms with Crippen LogP contribution >= 0.6 is 0 Å². The third kappa shape index (κ3) is 8.26. The van der Waals surface area contributed by atoms with E-state index in [-0.39, 0.29) is 24.7 Å². The van der Waals surface area contributed by atoms with E-state index in [9.17, 15) is 18.6 Å². The van der Waals surface area contributed by atoms with Gasteiger partial charge in [-0.25, -0.2) is 0 Å². The fourth-order valence-electron chi connectivity index (χ4n) is 5.20. The first kappa shape index (κ1) is 35.1. The lowest BCUT2D eigenvalue weighted by Gasteiger charge is -2.58. The quantitative estimate of drug-likeness (QED) is 0.184. The molecule has 0 amide bonds. The fraction of sp³-hybridized carbons (Fsp3) is 0.786. The number of aliphatic hydroxyl groups is 2. The molecule has 10 nitrogen and oxygen atoms in total.